The summed E-state index contributed by atoms with van der Waals surface area (Å²) in [5, 5.41) is 1.20. The molecule has 0 aromatic carbocycles. The Morgan fingerprint density at radius 2 is 1.88 bits per heavy atom. The average molecular weight is 372 g/mol. The second-order valence-corrected chi connectivity index (χ2v) is 9.02. The van der Waals surface area contributed by atoms with Crippen molar-refractivity contribution in [3.05, 3.63) is 28.7 Å². The first-order chi connectivity index (χ1) is 12.7. The van der Waals surface area contributed by atoms with Crippen LogP contribution in [-0.2, 0) is 17.8 Å². The first-order valence-electron chi connectivity index (χ1n) is 9.55. The molecule has 0 N–H and O–H groups in total. The van der Waals surface area contributed by atoms with Gasteiger partial charge in [-0.1, -0.05) is 25.2 Å². The van der Waals surface area contributed by atoms with Crippen LogP contribution in [0.2, 0.25) is 0 Å². The first-order valence-corrected chi connectivity index (χ1v) is 10.4. The lowest BCUT2D eigenvalue weighted by Crippen LogP contribution is -2.29. The SMILES string of the molecule is CC(C)c1cc(N2CC3CN(c4nc5c(s4)COCC5)CC3C2)ncn1. The van der Waals surface area contributed by atoms with E-state index < -0.39 is 0 Å². The molecule has 3 aliphatic rings. The third kappa shape index (κ3) is 2.87. The number of hydrogen-bond acceptors (Lipinski definition) is 7. The van der Waals surface area contributed by atoms with Gasteiger partial charge in [0.05, 0.1) is 23.8 Å². The predicted molar refractivity (Wildman–Crippen MR) is 103 cm³/mol. The number of nitrogens with zero attached hydrogens (tertiary/aromatic N) is 5. The highest BCUT2D eigenvalue weighted by atomic mass is 32.1. The second-order valence-electron chi connectivity index (χ2n) is 7.95. The number of rotatable bonds is 3. The third-order valence-corrected chi connectivity index (χ3v) is 6.96. The topological polar surface area (TPSA) is 54.4 Å². The minimum atomic E-state index is 0.439. The molecule has 2 aromatic heterocycles. The van der Waals surface area contributed by atoms with E-state index in [1.165, 1.54) is 15.7 Å². The Balaban J connectivity index is 1.27. The Bertz CT molecular complexity index is 769. The molecule has 5 heterocycles. The minimum absolute atomic E-state index is 0.439. The lowest BCUT2D eigenvalue weighted by atomic mass is 10.0. The summed E-state index contributed by atoms with van der Waals surface area (Å²) in [6.45, 7) is 10.3. The highest BCUT2D eigenvalue weighted by Crippen LogP contribution is 2.38. The molecule has 0 bridgehead atoms. The zero-order valence-electron chi connectivity index (χ0n) is 15.4. The number of anilines is 2. The maximum atomic E-state index is 5.57. The Hall–Kier alpha value is -1.73. The normalized spacial score (nSPS) is 25.0. The molecule has 0 saturated carbocycles. The van der Waals surface area contributed by atoms with Gasteiger partial charge in [0.25, 0.3) is 0 Å². The van der Waals surface area contributed by atoms with Gasteiger partial charge in [-0.25, -0.2) is 15.0 Å². The number of fused-ring (bicyclic) bond motifs is 2. The van der Waals surface area contributed by atoms with Gasteiger partial charge in [-0.15, -0.1) is 0 Å². The van der Waals surface area contributed by atoms with Crippen molar-refractivity contribution in [3.8, 4) is 0 Å². The number of aromatic nitrogens is 3. The van der Waals surface area contributed by atoms with E-state index in [2.05, 4.69) is 39.7 Å². The van der Waals surface area contributed by atoms with Crippen molar-refractivity contribution in [2.24, 2.45) is 11.8 Å². The monoisotopic (exact) mass is 371 g/mol. The summed E-state index contributed by atoms with van der Waals surface area (Å²) in [5.74, 6) is 2.93. The number of hydrogen-bond donors (Lipinski definition) is 0. The average Bonchev–Trinajstić information content (AvgIpc) is 3.33. The molecule has 5 rings (SSSR count). The maximum absolute atomic E-state index is 5.57. The molecule has 2 atom stereocenters. The van der Waals surface area contributed by atoms with E-state index in [-0.39, 0.29) is 0 Å². The van der Waals surface area contributed by atoms with Crippen molar-refractivity contribution >= 4 is 22.3 Å². The molecule has 2 unspecified atom stereocenters. The summed E-state index contributed by atoms with van der Waals surface area (Å²) in [6, 6.07) is 2.17. The fourth-order valence-electron chi connectivity index (χ4n) is 4.33. The Morgan fingerprint density at radius 3 is 2.62 bits per heavy atom. The van der Waals surface area contributed by atoms with Gasteiger partial charge < -0.3 is 14.5 Å². The molecule has 0 spiro atoms. The van der Waals surface area contributed by atoms with Crippen LogP contribution < -0.4 is 9.80 Å². The molecule has 0 aliphatic carbocycles. The molecule has 0 radical (unpaired) electrons. The quantitative estimate of drug-likeness (QED) is 0.827. The van der Waals surface area contributed by atoms with E-state index >= 15 is 0 Å². The molecule has 138 valence electrons. The van der Waals surface area contributed by atoms with E-state index in [4.69, 9.17) is 9.72 Å². The Labute approximate surface area is 158 Å². The van der Waals surface area contributed by atoms with E-state index in [9.17, 15) is 0 Å². The summed E-state index contributed by atoms with van der Waals surface area (Å²) in [4.78, 5) is 20.1. The van der Waals surface area contributed by atoms with Crippen molar-refractivity contribution in [3.63, 3.8) is 0 Å². The van der Waals surface area contributed by atoms with Gasteiger partial charge in [0, 0.05) is 56.2 Å². The molecule has 3 aliphatic heterocycles. The van der Waals surface area contributed by atoms with Gasteiger partial charge in [-0.05, 0) is 5.92 Å². The zero-order chi connectivity index (χ0) is 17.7. The van der Waals surface area contributed by atoms with Gasteiger partial charge in [0.15, 0.2) is 5.13 Å². The van der Waals surface area contributed by atoms with Crippen molar-refractivity contribution in [1.82, 2.24) is 15.0 Å². The molecule has 26 heavy (non-hydrogen) atoms. The van der Waals surface area contributed by atoms with Gasteiger partial charge in [0.2, 0.25) is 0 Å². The van der Waals surface area contributed by atoms with Crippen LogP contribution in [0.15, 0.2) is 12.4 Å². The summed E-state index contributed by atoms with van der Waals surface area (Å²) in [6.07, 6.45) is 2.68. The van der Waals surface area contributed by atoms with Crippen LogP contribution in [-0.4, -0.2) is 47.7 Å². The first kappa shape index (κ1) is 16.4. The fourth-order valence-corrected chi connectivity index (χ4v) is 5.40. The Morgan fingerprint density at radius 1 is 1.12 bits per heavy atom. The smallest absolute Gasteiger partial charge is 0.185 e. The zero-order valence-corrected chi connectivity index (χ0v) is 16.2. The summed E-state index contributed by atoms with van der Waals surface area (Å²) >= 11 is 1.83. The summed E-state index contributed by atoms with van der Waals surface area (Å²) in [5.41, 5.74) is 2.39. The molecule has 7 heteroatoms. The van der Waals surface area contributed by atoms with Crippen LogP contribution in [0, 0.1) is 11.8 Å². The van der Waals surface area contributed by atoms with Crippen molar-refractivity contribution in [2.45, 2.75) is 32.8 Å². The predicted octanol–water partition coefficient (Wildman–Crippen LogP) is 2.70. The van der Waals surface area contributed by atoms with Crippen molar-refractivity contribution in [2.75, 3.05) is 42.6 Å². The number of ether oxygens (including phenoxy) is 1. The van der Waals surface area contributed by atoms with Crippen LogP contribution in [0.1, 0.15) is 36.0 Å². The fraction of sp³-hybridized carbons (Fsp3) is 0.632. The van der Waals surface area contributed by atoms with E-state index in [0.717, 1.165) is 57.3 Å². The van der Waals surface area contributed by atoms with E-state index in [0.29, 0.717) is 17.8 Å². The van der Waals surface area contributed by atoms with Gasteiger partial charge in [-0.2, -0.15) is 0 Å². The van der Waals surface area contributed by atoms with E-state index in [1.54, 1.807) is 6.33 Å². The molecular weight excluding hydrogens is 346 g/mol. The van der Waals surface area contributed by atoms with Gasteiger partial charge in [0.1, 0.15) is 12.1 Å². The molecule has 2 aromatic rings. The Kier molecular flexibility index (Phi) is 4.09. The molecule has 2 fully saturated rings. The molecule has 2 saturated heterocycles. The highest BCUT2D eigenvalue weighted by molar-refractivity contribution is 7.15. The molecule has 6 nitrogen and oxygen atoms in total. The third-order valence-electron chi connectivity index (χ3n) is 5.83. The lowest BCUT2D eigenvalue weighted by Gasteiger charge is -2.22. The van der Waals surface area contributed by atoms with Crippen LogP contribution >= 0.6 is 11.3 Å². The molecular formula is C19H25N5OS. The van der Waals surface area contributed by atoms with Gasteiger partial charge >= 0.3 is 0 Å². The van der Waals surface area contributed by atoms with Crippen LogP contribution in [0.25, 0.3) is 0 Å². The molecule has 0 amide bonds. The highest BCUT2D eigenvalue weighted by Gasteiger charge is 2.41. The number of thiazole rings is 1. The lowest BCUT2D eigenvalue weighted by molar-refractivity contribution is 0.112. The largest absolute Gasteiger partial charge is 0.375 e. The maximum Gasteiger partial charge on any atom is 0.185 e. The van der Waals surface area contributed by atoms with Crippen molar-refractivity contribution in [1.29, 1.82) is 0 Å². The standard InChI is InChI=1S/C19H25N5OS/c1-12(2)16-5-18(21-11-20-16)23-6-13-8-24(9-14(13)7-23)19-22-15-3-4-25-10-17(15)26-19/h5,11-14H,3-4,6-10H2,1-2H3. The minimum Gasteiger partial charge on any atom is -0.375 e. The van der Waals surface area contributed by atoms with Crippen LogP contribution in [0.4, 0.5) is 10.9 Å². The summed E-state index contributed by atoms with van der Waals surface area (Å²) < 4.78 is 5.57. The second kappa shape index (κ2) is 6.46. The van der Waals surface area contributed by atoms with E-state index in [1.807, 2.05) is 11.3 Å². The van der Waals surface area contributed by atoms with Crippen LogP contribution in [0.3, 0.4) is 0 Å². The van der Waals surface area contributed by atoms with Crippen LogP contribution in [0.5, 0.6) is 0 Å². The van der Waals surface area contributed by atoms with Crippen molar-refractivity contribution < 1.29 is 4.74 Å². The summed E-state index contributed by atoms with van der Waals surface area (Å²) in [7, 11) is 0. The van der Waals surface area contributed by atoms with Gasteiger partial charge in [-0.3, -0.25) is 0 Å².